The molecule has 0 radical (unpaired) electrons. The van der Waals surface area contributed by atoms with Crippen molar-refractivity contribution in [2.75, 3.05) is 32.1 Å². The van der Waals surface area contributed by atoms with Gasteiger partial charge in [0.05, 0.1) is 13.0 Å². The molecule has 0 bridgehead atoms. The molecule has 0 atom stereocenters. The van der Waals surface area contributed by atoms with Gasteiger partial charge in [0.15, 0.2) is 0 Å². The van der Waals surface area contributed by atoms with Gasteiger partial charge >= 0.3 is 0 Å². The fourth-order valence-electron chi connectivity index (χ4n) is 3.77. The molecule has 0 aliphatic rings. The van der Waals surface area contributed by atoms with Gasteiger partial charge in [-0.15, -0.1) is 10.2 Å². The highest BCUT2D eigenvalue weighted by atomic mass is 32.1. The number of benzene rings is 2. The summed E-state index contributed by atoms with van der Waals surface area (Å²) in [6, 6.07) is 17.1. The number of aldehydes is 1. The van der Waals surface area contributed by atoms with Crippen LogP contribution in [-0.4, -0.2) is 60.4 Å². The summed E-state index contributed by atoms with van der Waals surface area (Å²) in [7, 11) is 1.83. The number of aromatic nitrogens is 2. The zero-order chi connectivity index (χ0) is 34.0. The molecular formula is C34H49N7O4S. The van der Waals surface area contributed by atoms with Crippen LogP contribution in [0.15, 0.2) is 78.3 Å². The Kier molecular flexibility index (Phi) is 21.0. The number of nitrogens with one attached hydrogen (secondary N) is 2. The molecule has 6 N–H and O–H groups in total. The molecule has 3 aromatic rings. The standard InChI is InChI=1S/C21H30N6O2S.C8H8O.C5H11NO/c1-3-29-17-9-6-7-15(13-17)14-19(28)25-18(23)12-11-16(22)8-4-5-10-20-26-27-21(24-2)30-20;9-7-6-8-4-2-1-3-5-8;1-3-6(4-2)5-7/h6-7,9,11-13H,3-5,8,10,14,22-23H2,1-2H3,(H,24,27)(H,25,28);1-5,7H,6H2;5H,3-4H2,1-2H3/b16-11-,18-12+;;. The van der Waals surface area contributed by atoms with Crippen molar-refractivity contribution >= 4 is 35.1 Å². The van der Waals surface area contributed by atoms with Gasteiger partial charge in [0.1, 0.15) is 22.9 Å². The summed E-state index contributed by atoms with van der Waals surface area (Å²) in [6.45, 7) is 8.05. The maximum absolute atomic E-state index is 12.2. The Bertz CT molecular complexity index is 1340. The highest BCUT2D eigenvalue weighted by Gasteiger charge is 2.06. The molecule has 0 saturated heterocycles. The quantitative estimate of drug-likeness (QED) is 0.0927. The third kappa shape index (κ3) is 18.2. The molecule has 0 aliphatic heterocycles. The van der Waals surface area contributed by atoms with E-state index in [9.17, 15) is 14.4 Å². The predicted octanol–water partition coefficient (Wildman–Crippen LogP) is 4.61. The van der Waals surface area contributed by atoms with Crippen LogP contribution >= 0.6 is 11.3 Å². The Labute approximate surface area is 277 Å². The van der Waals surface area contributed by atoms with Gasteiger partial charge in [-0.2, -0.15) is 0 Å². The molecule has 3 rings (SSSR count). The third-order valence-electron chi connectivity index (χ3n) is 6.24. The highest BCUT2D eigenvalue weighted by Crippen LogP contribution is 2.17. The average molecular weight is 652 g/mol. The number of anilines is 1. The van der Waals surface area contributed by atoms with E-state index in [0.29, 0.717) is 18.7 Å². The van der Waals surface area contributed by atoms with E-state index >= 15 is 0 Å². The number of carbonyl (C=O) groups is 3. The fraction of sp³-hybridized carbons (Fsp3) is 0.382. The number of ether oxygens (including phenoxy) is 1. The van der Waals surface area contributed by atoms with E-state index in [-0.39, 0.29) is 18.1 Å². The van der Waals surface area contributed by atoms with Crippen LogP contribution in [-0.2, 0) is 33.6 Å². The summed E-state index contributed by atoms with van der Waals surface area (Å²) in [6.07, 6.45) is 9.41. The number of hydrogen-bond acceptors (Lipinski definition) is 10. The number of carbonyl (C=O) groups excluding carboxylic acids is 3. The van der Waals surface area contributed by atoms with Crippen LogP contribution < -0.4 is 26.8 Å². The monoisotopic (exact) mass is 651 g/mol. The second kappa shape index (κ2) is 24.6. The summed E-state index contributed by atoms with van der Waals surface area (Å²) in [5.41, 5.74) is 14.6. The van der Waals surface area contributed by atoms with Crippen molar-refractivity contribution in [1.29, 1.82) is 0 Å². The van der Waals surface area contributed by atoms with Crippen molar-refractivity contribution in [3.63, 3.8) is 0 Å². The minimum Gasteiger partial charge on any atom is -0.494 e. The Morgan fingerprint density at radius 1 is 0.957 bits per heavy atom. The summed E-state index contributed by atoms with van der Waals surface area (Å²) < 4.78 is 5.45. The van der Waals surface area contributed by atoms with Gasteiger partial charge in [0, 0.05) is 38.7 Å². The van der Waals surface area contributed by atoms with Crippen LogP contribution in [0.4, 0.5) is 5.13 Å². The second-order valence-electron chi connectivity index (χ2n) is 9.81. The first-order valence-electron chi connectivity index (χ1n) is 15.4. The SMILES string of the molecule is CCN(C=O)CC.CCOc1cccc(CC(=O)N/C(N)=C/C=C(\N)CCCCc2nnc(NC)s2)c1.O=CCc1ccccc1. The molecule has 0 saturated carbocycles. The fourth-order valence-corrected chi connectivity index (χ4v) is 4.50. The molecule has 46 heavy (non-hydrogen) atoms. The summed E-state index contributed by atoms with van der Waals surface area (Å²) in [4.78, 5) is 33.7. The maximum atomic E-state index is 12.2. The number of allylic oxidation sites excluding steroid dienone is 3. The Hall–Kier alpha value is -4.71. The first-order valence-corrected chi connectivity index (χ1v) is 16.2. The van der Waals surface area contributed by atoms with Gasteiger partial charge in [-0.3, -0.25) is 9.59 Å². The molecule has 0 unspecified atom stereocenters. The van der Waals surface area contributed by atoms with Crippen molar-refractivity contribution in [3.8, 4) is 5.75 Å². The van der Waals surface area contributed by atoms with E-state index in [2.05, 4.69) is 20.8 Å². The highest BCUT2D eigenvalue weighted by molar-refractivity contribution is 7.15. The first-order chi connectivity index (χ1) is 22.3. The van der Waals surface area contributed by atoms with Crippen LogP contribution in [0.1, 0.15) is 56.2 Å². The topological polar surface area (TPSA) is 166 Å². The van der Waals surface area contributed by atoms with E-state index in [0.717, 1.165) is 78.5 Å². The van der Waals surface area contributed by atoms with Gasteiger partial charge in [-0.05, 0) is 75.4 Å². The molecule has 0 fully saturated rings. The van der Waals surface area contributed by atoms with Crippen LogP contribution in [0.25, 0.3) is 0 Å². The van der Waals surface area contributed by atoms with Gasteiger partial charge in [-0.25, -0.2) is 0 Å². The van der Waals surface area contributed by atoms with Crippen LogP contribution in [0.5, 0.6) is 5.75 Å². The van der Waals surface area contributed by atoms with E-state index in [1.54, 1.807) is 28.4 Å². The number of nitrogens with zero attached hydrogens (tertiary/aromatic N) is 3. The lowest BCUT2D eigenvalue weighted by molar-refractivity contribution is -0.120. The van der Waals surface area contributed by atoms with Crippen LogP contribution in [0.2, 0.25) is 0 Å². The summed E-state index contributed by atoms with van der Waals surface area (Å²) >= 11 is 1.56. The maximum Gasteiger partial charge on any atom is 0.229 e. The normalized spacial score (nSPS) is 10.8. The minimum absolute atomic E-state index is 0.192. The Morgan fingerprint density at radius 3 is 2.26 bits per heavy atom. The number of unbranched alkanes of at least 4 members (excludes halogenated alkanes) is 1. The second-order valence-corrected chi connectivity index (χ2v) is 10.9. The molecule has 12 heteroatoms. The molecule has 1 heterocycles. The van der Waals surface area contributed by atoms with Crippen molar-refractivity contribution in [1.82, 2.24) is 20.4 Å². The summed E-state index contributed by atoms with van der Waals surface area (Å²) in [5.74, 6) is 0.815. The lowest BCUT2D eigenvalue weighted by Gasteiger charge is -2.08. The van der Waals surface area contributed by atoms with Gasteiger partial charge in [0.25, 0.3) is 0 Å². The van der Waals surface area contributed by atoms with Crippen LogP contribution in [0, 0.1) is 0 Å². The molecule has 0 aliphatic carbocycles. The van der Waals surface area contributed by atoms with Crippen molar-refractivity contribution in [3.05, 3.63) is 94.4 Å². The molecule has 2 amide bonds. The van der Waals surface area contributed by atoms with Crippen LogP contribution in [0.3, 0.4) is 0 Å². The smallest absolute Gasteiger partial charge is 0.229 e. The molecule has 1 aromatic heterocycles. The predicted molar refractivity (Wildman–Crippen MR) is 186 cm³/mol. The van der Waals surface area contributed by atoms with Gasteiger partial charge in [-0.1, -0.05) is 53.8 Å². The van der Waals surface area contributed by atoms with Gasteiger partial charge in [0.2, 0.25) is 17.4 Å². The van der Waals surface area contributed by atoms with E-state index < -0.39 is 0 Å². The molecular weight excluding hydrogens is 602 g/mol. The van der Waals surface area contributed by atoms with E-state index in [4.69, 9.17) is 16.2 Å². The molecule has 11 nitrogen and oxygen atoms in total. The minimum atomic E-state index is -0.192. The number of nitrogens with two attached hydrogens (primary N) is 2. The van der Waals surface area contributed by atoms with Gasteiger partial charge < -0.3 is 36.5 Å². The van der Waals surface area contributed by atoms with E-state index in [1.807, 2.05) is 82.4 Å². The molecule has 2 aromatic carbocycles. The Morgan fingerprint density at radius 2 is 1.67 bits per heavy atom. The number of rotatable bonds is 17. The number of amides is 2. The molecule has 250 valence electrons. The zero-order valence-electron chi connectivity index (χ0n) is 27.4. The lowest BCUT2D eigenvalue weighted by Crippen LogP contribution is -2.28. The van der Waals surface area contributed by atoms with Crippen molar-refractivity contribution < 1.29 is 19.1 Å². The van der Waals surface area contributed by atoms with E-state index in [1.165, 1.54) is 0 Å². The largest absolute Gasteiger partial charge is 0.494 e. The number of aryl methyl sites for hydroxylation is 1. The Balaban J connectivity index is 0.000000537. The van der Waals surface area contributed by atoms with Crippen molar-refractivity contribution in [2.45, 2.75) is 59.3 Å². The molecule has 0 spiro atoms. The third-order valence-corrected chi connectivity index (χ3v) is 7.25. The zero-order valence-corrected chi connectivity index (χ0v) is 28.2. The summed E-state index contributed by atoms with van der Waals surface area (Å²) in [5, 5.41) is 15.6. The average Bonchev–Trinajstić information content (AvgIpc) is 3.53. The number of hydrogen-bond donors (Lipinski definition) is 4. The first kappa shape index (κ1) is 39.3. The lowest BCUT2D eigenvalue weighted by atomic mass is 10.1. The van der Waals surface area contributed by atoms with Crippen molar-refractivity contribution in [2.24, 2.45) is 11.5 Å².